The molecule has 1 aromatic heterocycles. The van der Waals surface area contributed by atoms with Crippen molar-refractivity contribution in [2.75, 3.05) is 33.3 Å². The lowest BCUT2D eigenvalue weighted by atomic mass is 10.1. The van der Waals surface area contributed by atoms with Crippen molar-refractivity contribution in [3.8, 4) is 17.1 Å². The second kappa shape index (κ2) is 11.0. The molecular weight excluding hydrogens is 437 g/mol. The zero-order chi connectivity index (χ0) is 23.9. The highest BCUT2D eigenvalue weighted by molar-refractivity contribution is 5.78. The largest absolute Gasteiger partial charge is 0.497 e. The zero-order valence-electron chi connectivity index (χ0n) is 19.2. The van der Waals surface area contributed by atoms with Crippen molar-refractivity contribution < 1.29 is 23.1 Å². The number of ether oxygens (including phenoxy) is 1. The van der Waals surface area contributed by atoms with Gasteiger partial charge in [0.05, 0.1) is 13.3 Å². The van der Waals surface area contributed by atoms with Crippen LogP contribution in [0.2, 0.25) is 0 Å². The summed E-state index contributed by atoms with van der Waals surface area (Å²) in [4.78, 5) is 33.1. The van der Waals surface area contributed by atoms with Crippen molar-refractivity contribution in [3.63, 3.8) is 0 Å². The van der Waals surface area contributed by atoms with Crippen LogP contribution in [0.3, 0.4) is 0 Å². The number of hydrogen-bond donors (Lipinski definition) is 0. The Bertz CT molecular complexity index is 1100. The Labute approximate surface area is 198 Å². The zero-order valence-corrected chi connectivity index (χ0v) is 19.2. The Morgan fingerprint density at radius 3 is 2.09 bits per heavy atom. The van der Waals surface area contributed by atoms with Gasteiger partial charge in [-0.15, -0.1) is 0 Å². The van der Waals surface area contributed by atoms with Crippen LogP contribution >= 0.6 is 0 Å². The Balaban J connectivity index is 1.19. The van der Waals surface area contributed by atoms with Crippen molar-refractivity contribution in [2.45, 2.75) is 25.7 Å². The predicted molar refractivity (Wildman–Crippen MR) is 125 cm³/mol. The summed E-state index contributed by atoms with van der Waals surface area (Å²) >= 11 is 0. The van der Waals surface area contributed by atoms with Crippen LogP contribution in [0.15, 0.2) is 59.1 Å². The summed E-state index contributed by atoms with van der Waals surface area (Å²) in [5.74, 6) is 1.63. The minimum atomic E-state index is -0.312. The minimum absolute atomic E-state index is 0.0202. The summed E-state index contributed by atoms with van der Waals surface area (Å²) in [6.45, 7) is 2.14. The molecule has 1 aliphatic heterocycles. The number of oxazole rings is 1. The van der Waals surface area contributed by atoms with E-state index in [2.05, 4.69) is 4.98 Å². The maximum Gasteiger partial charge on any atom is 0.223 e. The maximum absolute atomic E-state index is 13.1. The molecule has 1 fully saturated rings. The van der Waals surface area contributed by atoms with Gasteiger partial charge in [-0.3, -0.25) is 9.59 Å². The highest BCUT2D eigenvalue weighted by Crippen LogP contribution is 2.21. The van der Waals surface area contributed by atoms with Crippen LogP contribution in [0.25, 0.3) is 11.3 Å². The van der Waals surface area contributed by atoms with E-state index in [1.54, 1.807) is 30.3 Å². The Morgan fingerprint density at radius 2 is 1.50 bits per heavy atom. The molecule has 0 spiro atoms. The molecule has 0 radical (unpaired) electrons. The van der Waals surface area contributed by atoms with Gasteiger partial charge in [-0.1, -0.05) is 12.1 Å². The number of benzene rings is 2. The van der Waals surface area contributed by atoms with Gasteiger partial charge in [-0.05, 0) is 48.4 Å². The van der Waals surface area contributed by atoms with Gasteiger partial charge in [0.15, 0.2) is 11.7 Å². The summed E-state index contributed by atoms with van der Waals surface area (Å²) in [5.41, 5.74) is 1.83. The number of methoxy groups -OCH3 is 1. The van der Waals surface area contributed by atoms with E-state index in [1.165, 1.54) is 12.1 Å². The first-order chi connectivity index (χ1) is 16.5. The molecule has 0 bridgehead atoms. The number of aryl methyl sites for hydroxylation is 2. The van der Waals surface area contributed by atoms with Gasteiger partial charge in [-0.2, -0.15) is 0 Å². The number of nitrogens with zero attached hydrogens (tertiary/aromatic N) is 3. The minimum Gasteiger partial charge on any atom is -0.497 e. The van der Waals surface area contributed by atoms with Crippen LogP contribution in [0.4, 0.5) is 4.39 Å². The number of rotatable bonds is 8. The summed E-state index contributed by atoms with van der Waals surface area (Å²) in [5, 5.41) is 0. The quantitative estimate of drug-likeness (QED) is 0.507. The third-order valence-electron chi connectivity index (χ3n) is 6.01. The first-order valence-electron chi connectivity index (χ1n) is 11.4. The van der Waals surface area contributed by atoms with Gasteiger partial charge in [0, 0.05) is 51.0 Å². The number of halogens is 1. The van der Waals surface area contributed by atoms with E-state index in [4.69, 9.17) is 9.15 Å². The first kappa shape index (κ1) is 23.5. The maximum atomic E-state index is 13.1. The molecule has 0 unspecified atom stereocenters. The molecule has 1 saturated heterocycles. The summed E-state index contributed by atoms with van der Waals surface area (Å²) in [7, 11) is 1.63. The van der Waals surface area contributed by atoms with Crippen molar-refractivity contribution >= 4 is 11.8 Å². The molecule has 178 valence electrons. The summed E-state index contributed by atoms with van der Waals surface area (Å²) in [6.07, 6.45) is 3.39. The highest BCUT2D eigenvalue weighted by Gasteiger charge is 2.24. The fourth-order valence-corrected chi connectivity index (χ4v) is 3.95. The van der Waals surface area contributed by atoms with E-state index in [0.717, 1.165) is 16.9 Å². The smallest absolute Gasteiger partial charge is 0.223 e. The number of piperazine rings is 1. The number of amides is 2. The molecule has 2 aromatic carbocycles. The SMILES string of the molecule is COc1ccc(CCC(=O)N2CCN(C(=O)CCc3ncc(-c4ccc(F)cc4)o3)CC2)cc1. The molecule has 4 rings (SSSR count). The highest BCUT2D eigenvalue weighted by atomic mass is 19.1. The molecule has 3 aromatic rings. The molecular formula is C26H28FN3O4. The molecule has 2 heterocycles. The van der Waals surface area contributed by atoms with E-state index < -0.39 is 0 Å². The lowest BCUT2D eigenvalue weighted by Crippen LogP contribution is -2.50. The van der Waals surface area contributed by atoms with Crippen LogP contribution in [0.1, 0.15) is 24.3 Å². The molecule has 0 aliphatic carbocycles. The van der Waals surface area contributed by atoms with Gasteiger partial charge >= 0.3 is 0 Å². The average molecular weight is 466 g/mol. The van der Waals surface area contributed by atoms with Crippen LogP contribution in [-0.2, 0) is 22.4 Å². The van der Waals surface area contributed by atoms with Gasteiger partial charge in [0.25, 0.3) is 0 Å². The second-order valence-corrected chi connectivity index (χ2v) is 8.23. The van der Waals surface area contributed by atoms with Crippen LogP contribution < -0.4 is 4.74 Å². The summed E-state index contributed by atoms with van der Waals surface area (Å²) in [6, 6.07) is 13.7. The Hall–Kier alpha value is -3.68. The Morgan fingerprint density at radius 1 is 0.912 bits per heavy atom. The molecule has 0 atom stereocenters. The number of carbonyl (C=O) groups is 2. The average Bonchev–Trinajstić information content (AvgIpc) is 3.35. The third-order valence-corrected chi connectivity index (χ3v) is 6.01. The lowest BCUT2D eigenvalue weighted by molar-refractivity contribution is -0.139. The fourth-order valence-electron chi connectivity index (χ4n) is 3.95. The monoisotopic (exact) mass is 465 g/mol. The number of hydrogen-bond acceptors (Lipinski definition) is 5. The van der Waals surface area contributed by atoms with E-state index in [1.807, 2.05) is 29.2 Å². The standard InChI is InChI=1S/C26H28FN3O4/c1-33-22-9-2-19(3-10-22)4-12-25(31)29-14-16-30(17-15-29)26(32)13-11-24-28-18-23(34-24)20-5-7-21(27)8-6-20/h2-3,5-10,18H,4,11-17H2,1H3. The van der Waals surface area contributed by atoms with Gasteiger partial charge in [0.1, 0.15) is 11.6 Å². The third kappa shape index (κ3) is 6.01. The van der Waals surface area contributed by atoms with Gasteiger partial charge < -0.3 is 19.0 Å². The molecule has 34 heavy (non-hydrogen) atoms. The summed E-state index contributed by atoms with van der Waals surface area (Å²) < 4.78 is 23.9. The van der Waals surface area contributed by atoms with Crippen LogP contribution in [0.5, 0.6) is 5.75 Å². The van der Waals surface area contributed by atoms with Crippen molar-refractivity contribution in [3.05, 3.63) is 72.0 Å². The van der Waals surface area contributed by atoms with Gasteiger partial charge in [0.2, 0.25) is 11.8 Å². The molecule has 7 nitrogen and oxygen atoms in total. The van der Waals surface area contributed by atoms with E-state index in [-0.39, 0.29) is 24.1 Å². The van der Waals surface area contributed by atoms with E-state index >= 15 is 0 Å². The lowest BCUT2D eigenvalue weighted by Gasteiger charge is -2.35. The predicted octanol–water partition coefficient (Wildman–Crippen LogP) is 3.73. The normalized spacial score (nSPS) is 13.7. The second-order valence-electron chi connectivity index (χ2n) is 8.23. The fraction of sp³-hybridized carbons (Fsp3) is 0.346. The van der Waals surface area contributed by atoms with Gasteiger partial charge in [-0.25, -0.2) is 9.37 Å². The van der Waals surface area contributed by atoms with E-state index in [9.17, 15) is 14.0 Å². The molecule has 0 saturated carbocycles. The van der Waals surface area contributed by atoms with Crippen molar-refractivity contribution in [2.24, 2.45) is 0 Å². The molecule has 8 heteroatoms. The van der Waals surface area contributed by atoms with Crippen LogP contribution in [0, 0.1) is 5.82 Å². The van der Waals surface area contributed by atoms with Crippen molar-refractivity contribution in [1.82, 2.24) is 14.8 Å². The number of carbonyl (C=O) groups excluding carboxylic acids is 2. The van der Waals surface area contributed by atoms with Crippen molar-refractivity contribution in [1.29, 1.82) is 0 Å². The number of aromatic nitrogens is 1. The van der Waals surface area contributed by atoms with Crippen LogP contribution in [-0.4, -0.2) is 59.9 Å². The first-order valence-corrected chi connectivity index (χ1v) is 11.4. The molecule has 0 N–H and O–H groups in total. The molecule has 2 amide bonds. The Kier molecular flexibility index (Phi) is 7.57. The van der Waals surface area contributed by atoms with E-state index in [0.29, 0.717) is 57.1 Å². The molecule has 1 aliphatic rings. The topological polar surface area (TPSA) is 75.9 Å².